The molecule has 0 fully saturated rings. The predicted octanol–water partition coefficient (Wildman–Crippen LogP) is 1.08. The first kappa shape index (κ1) is 16.4. The van der Waals surface area contributed by atoms with Gasteiger partial charge in [-0.15, -0.1) is 0 Å². The molecule has 0 aromatic rings. The van der Waals surface area contributed by atoms with Gasteiger partial charge in [-0.05, 0) is 39.8 Å². The zero-order chi connectivity index (χ0) is 13.3. The summed E-state index contributed by atoms with van der Waals surface area (Å²) >= 11 is 0. The number of hydrogen-bond donors (Lipinski definition) is 2. The van der Waals surface area contributed by atoms with Crippen molar-refractivity contribution in [3.63, 3.8) is 0 Å². The Morgan fingerprint density at radius 3 is 2.41 bits per heavy atom. The summed E-state index contributed by atoms with van der Waals surface area (Å²) in [4.78, 5) is 13.7. The van der Waals surface area contributed by atoms with Crippen molar-refractivity contribution in [2.24, 2.45) is 5.92 Å². The summed E-state index contributed by atoms with van der Waals surface area (Å²) in [5.41, 5.74) is 0. The lowest BCUT2D eigenvalue weighted by Crippen LogP contribution is -2.41. The number of hydrogen-bond acceptors (Lipinski definition) is 3. The van der Waals surface area contributed by atoms with Crippen LogP contribution < -0.4 is 10.6 Å². The minimum atomic E-state index is 0.125. The molecule has 1 unspecified atom stereocenters. The molecule has 1 amide bonds. The second kappa shape index (κ2) is 9.42. The van der Waals surface area contributed by atoms with Gasteiger partial charge in [-0.25, -0.2) is 0 Å². The molecule has 0 aromatic heterocycles. The molecule has 0 bridgehead atoms. The predicted molar refractivity (Wildman–Crippen MR) is 73.1 cm³/mol. The normalized spacial score (nSPS) is 13.1. The standard InChI is InChI=1S/C13H29N3O/c1-11(2)6-7-12(3)15-13(17)10-16(5)9-8-14-4/h11-12,14H,6-10H2,1-5H3,(H,15,17). The van der Waals surface area contributed by atoms with Gasteiger partial charge in [0.25, 0.3) is 0 Å². The van der Waals surface area contributed by atoms with Crippen molar-refractivity contribution in [3.8, 4) is 0 Å². The molecule has 0 saturated heterocycles. The molecule has 0 saturated carbocycles. The van der Waals surface area contributed by atoms with Crippen LogP contribution in [-0.4, -0.2) is 50.6 Å². The molecule has 0 spiro atoms. The van der Waals surface area contributed by atoms with E-state index in [4.69, 9.17) is 0 Å². The van der Waals surface area contributed by atoms with E-state index in [0.29, 0.717) is 12.5 Å². The monoisotopic (exact) mass is 243 g/mol. The van der Waals surface area contributed by atoms with Gasteiger partial charge in [0, 0.05) is 19.1 Å². The van der Waals surface area contributed by atoms with Crippen LogP contribution in [-0.2, 0) is 4.79 Å². The van der Waals surface area contributed by atoms with E-state index in [0.717, 1.165) is 25.9 Å². The first-order valence-corrected chi connectivity index (χ1v) is 6.58. The molecule has 17 heavy (non-hydrogen) atoms. The van der Waals surface area contributed by atoms with E-state index in [9.17, 15) is 4.79 Å². The van der Waals surface area contributed by atoms with Crippen molar-refractivity contribution in [2.75, 3.05) is 33.7 Å². The van der Waals surface area contributed by atoms with Gasteiger partial charge in [0.05, 0.1) is 6.54 Å². The van der Waals surface area contributed by atoms with Crippen molar-refractivity contribution < 1.29 is 4.79 Å². The quantitative estimate of drug-likeness (QED) is 0.637. The van der Waals surface area contributed by atoms with Crippen LogP contribution in [0.15, 0.2) is 0 Å². The molecule has 0 aromatic carbocycles. The molecule has 102 valence electrons. The van der Waals surface area contributed by atoms with E-state index >= 15 is 0 Å². The Bertz CT molecular complexity index is 207. The third kappa shape index (κ3) is 10.3. The Labute approximate surface area is 106 Å². The van der Waals surface area contributed by atoms with Gasteiger partial charge in [0.2, 0.25) is 5.91 Å². The minimum Gasteiger partial charge on any atom is -0.353 e. The minimum absolute atomic E-state index is 0.125. The topological polar surface area (TPSA) is 44.4 Å². The highest BCUT2D eigenvalue weighted by molar-refractivity contribution is 5.78. The second-order valence-corrected chi connectivity index (χ2v) is 5.28. The maximum Gasteiger partial charge on any atom is 0.234 e. The number of amides is 1. The van der Waals surface area contributed by atoms with E-state index in [-0.39, 0.29) is 11.9 Å². The average Bonchev–Trinajstić information content (AvgIpc) is 2.23. The van der Waals surface area contributed by atoms with Crippen LogP contribution in [0.25, 0.3) is 0 Å². The van der Waals surface area contributed by atoms with E-state index in [1.807, 2.05) is 19.0 Å². The van der Waals surface area contributed by atoms with Crippen molar-refractivity contribution >= 4 is 5.91 Å². The molecule has 0 radical (unpaired) electrons. The lowest BCUT2D eigenvalue weighted by molar-refractivity contribution is -0.122. The number of rotatable bonds is 9. The summed E-state index contributed by atoms with van der Waals surface area (Å²) in [5, 5.41) is 6.11. The highest BCUT2D eigenvalue weighted by Gasteiger charge is 2.10. The molecule has 0 aliphatic carbocycles. The first-order valence-electron chi connectivity index (χ1n) is 6.58. The van der Waals surface area contributed by atoms with Crippen LogP contribution in [0.3, 0.4) is 0 Å². The van der Waals surface area contributed by atoms with Crippen LogP contribution in [0, 0.1) is 5.92 Å². The van der Waals surface area contributed by atoms with Gasteiger partial charge in [-0.2, -0.15) is 0 Å². The number of likely N-dealkylation sites (N-methyl/N-ethyl adjacent to an activating group) is 2. The number of carbonyl (C=O) groups is 1. The van der Waals surface area contributed by atoms with Crippen LogP contribution in [0.4, 0.5) is 0 Å². The summed E-state index contributed by atoms with van der Waals surface area (Å²) in [6.07, 6.45) is 2.22. The summed E-state index contributed by atoms with van der Waals surface area (Å²) in [7, 11) is 3.89. The summed E-state index contributed by atoms with van der Waals surface area (Å²) in [5.74, 6) is 0.826. The fourth-order valence-corrected chi connectivity index (χ4v) is 1.60. The molecule has 0 heterocycles. The van der Waals surface area contributed by atoms with E-state index in [1.54, 1.807) is 0 Å². The lowest BCUT2D eigenvalue weighted by atomic mass is 10.0. The van der Waals surface area contributed by atoms with Gasteiger partial charge in [-0.3, -0.25) is 9.69 Å². The van der Waals surface area contributed by atoms with Crippen LogP contribution in [0.5, 0.6) is 0 Å². The molecule has 0 aliphatic rings. The van der Waals surface area contributed by atoms with Gasteiger partial charge in [0.1, 0.15) is 0 Å². The molecule has 4 heteroatoms. The van der Waals surface area contributed by atoms with Crippen LogP contribution in [0.1, 0.15) is 33.6 Å². The van der Waals surface area contributed by atoms with Gasteiger partial charge in [0.15, 0.2) is 0 Å². The molecule has 1 atom stereocenters. The van der Waals surface area contributed by atoms with Gasteiger partial charge in [-0.1, -0.05) is 13.8 Å². The number of carbonyl (C=O) groups excluding carboxylic acids is 1. The molecule has 0 aliphatic heterocycles. The highest BCUT2D eigenvalue weighted by atomic mass is 16.2. The number of nitrogens with zero attached hydrogens (tertiary/aromatic N) is 1. The van der Waals surface area contributed by atoms with E-state index in [1.165, 1.54) is 0 Å². The Morgan fingerprint density at radius 2 is 1.88 bits per heavy atom. The van der Waals surface area contributed by atoms with Gasteiger partial charge < -0.3 is 10.6 Å². The molecule has 4 nitrogen and oxygen atoms in total. The fraction of sp³-hybridized carbons (Fsp3) is 0.923. The van der Waals surface area contributed by atoms with Gasteiger partial charge >= 0.3 is 0 Å². The Hall–Kier alpha value is -0.610. The smallest absolute Gasteiger partial charge is 0.234 e. The largest absolute Gasteiger partial charge is 0.353 e. The third-order valence-corrected chi connectivity index (χ3v) is 2.74. The third-order valence-electron chi connectivity index (χ3n) is 2.74. The Balaban J connectivity index is 3.69. The molecule has 2 N–H and O–H groups in total. The lowest BCUT2D eigenvalue weighted by Gasteiger charge is -2.19. The maximum atomic E-state index is 11.7. The van der Waals surface area contributed by atoms with Crippen molar-refractivity contribution in [3.05, 3.63) is 0 Å². The summed E-state index contributed by atoms with van der Waals surface area (Å²) in [6.45, 7) is 8.78. The second-order valence-electron chi connectivity index (χ2n) is 5.28. The first-order chi connectivity index (χ1) is 7.95. The molecule has 0 rings (SSSR count). The average molecular weight is 243 g/mol. The van der Waals surface area contributed by atoms with Crippen LogP contribution in [0.2, 0.25) is 0 Å². The Kier molecular flexibility index (Phi) is 9.09. The van der Waals surface area contributed by atoms with Crippen molar-refractivity contribution in [2.45, 2.75) is 39.7 Å². The molecular weight excluding hydrogens is 214 g/mol. The van der Waals surface area contributed by atoms with Crippen molar-refractivity contribution in [1.29, 1.82) is 0 Å². The van der Waals surface area contributed by atoms with E-state index < -0.39 is 0 Å². The Morgan fingerprint density at radius 1 is 1.24 bits per heavy atom. The summed E-state index contributed by atoms with van der Waals surface area (Å²) < 4.78 is 0. The SMILES string of the molecule is CNCCN(C)CC(=O)NC(C)CCC(C)C. The summed E-state index contributed by atoms with van der Waals surface area (Å²) in [6, 6.07) is 0.280. The maximum absolute atomic E-state index is 11.7. The van der Waals surface area contributed by atoms with E-state index in [2.05, 4.69) is 31.4 Å². The van der Waals surface area contributed by atoms with Crippen LogP contribution >= 0.6 is 0 Å². The zero-order valence-corrected chi connectivity index (χ0v) is 12.0. The zero-order valence-electron chi connectivity index (χ0n) is 12.0. The molecular formula is C13H29N3O. The van der Waals surface area contributed by atoms with Crippen molar-refractivity contribution in [1.82, 2.24) is 15.5 Å². The number of nitrogens with one attached hydrogen (secondary N) is 2. The highest BCUT2D eigenvalue weighted by Crippen LogP contribution is 2.06. The fourth-order valence-electron chi connectivity index (χ4n) is 1.60.